The molecule has 0 unspecified atom stereocenters. The van der Waals surface area contributed by atoms with Crippen LogP contribution in [0.2, 0.25) is 0 Å². The molecular weight excluding hydrogens is 452 g/mol. The standard InChI is InChI=1S/C25H34N4O6/c1-5-9-16-28-22(30)18(20(34-7-3)26-24(28)32)14-12-11-13-15-19-21(35-8-4)27-25(33)29(23(19)31)17-10-6-2/h11-15H,5-10,16-17H2,1-4H3,(H,26,32)/b13-11?,14-12?,19-15-. The molecule has 1 aliphatic heterocycles. The number of aromatic amines is 1. The number of H-pyrrole nitrogens is 1. The quantitative estimate of drug-likeness (QED) is 0.357. The molecule has 0 fully saturated rings. The van der Waals surface area contributed by atoms with Crippen molar-refractivity contribution < 1.29 is 19.1 Å². The van der Waals surface area contributed by atoms with Crippen LogP contribution in [-0.4, -0.2) is 52.0 Å². The molecule has 0 aromatic carbocycles. The van der Waals surface area contributed by atoms with Crippen LogP contribution >= 0.6 is 0 Å². The molecule has 0 bridgehead atoms. The van der Waals surface area contributed by atoms with Gasteiger partial charge < -0.3 is 9.47 Å². The monoisotopic (exact) mass is 486 g/mol. The number of amides is 3. The van der Waals surface area contributed by atoms with Gasteiger partial charge in [-0.3, -0.25) is 24.0 Å². The molecule has 2 heterocycles. The minimum atomic E-state index is -0.631. The van der Waals surface area contributed by atoms with E-state index in [1.54, 1.807) is 32.1 Å². The minimum Gasteiger partial charge on any atom is -0.479 e. The maximum absolute atomic E-state index is 12.9. The van der Waals surface area contributed by atoms with Crippen molar-refractivity contribution >= 4 is 23.9 Å². The Kier molecular flexibility index (Phi) is 10.9. The fraction of sp³-hybridized carbons (Fsp3) is 0.480. The summed E-state index contributed by atoms with van der Waals surface area (Å²) in [5, 5.41) is 0. The number of nitrogens with zero attached hydrogens (tertiary/aromatic N) is 3. The van der Waals surface area contributed by atoms with E-state index in [9.17, 15) is 19.2 Å². The molecule has 3 amide bonds. The number of aromatic nitrogens is 2. The van der Waals surface area contributed by atoms with Gasteiger partial charge in [0.2, 0.25) is 11.8 Å². The summed E-state index contributed by atoms with van der Waals surface area (Å²) in [7, 11) is 0. The Balaban J connectivity index is 2.34. The third kappa shape index (κ3) is 7.14. The minimum absolute atomic E-state index is 0.0121. The van der Waals surface area contributed by atoms with Crippen LogP contribution < -0.4 is 16.0 Å². The van der Waals surface area contributed by atoms with Crippen molar-refractivity contribution in [1.82, 2.24) is 14.5 Å². The van der Waals surface area contributed by atoms with Crippen molar-refractivity contribution in [3.05, 3.63) is 56.3 Å². The zero-order valence-corrected chi connectivity index (χ0v) is 20.8. The number of ether oxygens (including phenoxy) is 2. The van der Waals surface area contributed by atoms with Crippen LogP contribution in [0.25, 0.3) is 6.08 Å². The summed E-state index contributed by atoms with van der Waals surface area (Å²) in [5.74, 6) is -0.368. The number of hydrogen-bond acceptors (Lipinski definition) is 6. The van der Waals surface area contributed by atoms with Gasteiger partial charge in [-0.15, -0.1) is 0 Å². The number of hydrogen-bond donors (Lipinski definition) is 1. The van der Waals surface area contributed by atoms with Crippen LogP contribution in [-0.2, 0) is 16.1 Å². The van der Waals surface area contributed by atoms with Crippen molar-refractivity contribution in [3.8, 4) is 5.88 Å². The van der Waals surface area contributed by atoms with E-state index in [-0.39, 0.29) is 42.7 Å². The summed E-state index contributed by atoms with van der Waals surface area (Å²) < 4.78 is 12.0. The van der Waals surface area contributed by atoms with Crippen LogP contribution in [0.4, 0.5) is 4.79 Å². The summed E-state index contributed by atoms with van der Waals surface area (Å²) in [5.41, 5.74) is -0.549. The molecule has 0 radical (unpaired) electrons. The topological polar surface area (TPSA) is 123 Å². The van der Waals surface area contributed by atoms with Crippen molar-refractivity contribution in [2.24, 2.45) is 4.99 Å². The molecule has 1 aromatic rings. The number of carbonyl (C=O) groups is 2. The average Bonchev–Trinajstić information content (AvgIpc) is 2.82. The van der Waals surface area contributed by atoms with Gasteiger partial charge in [0.15, 0.2) is 0 Å². The number of nitrogens with one attached hydrogen (secondary N) is 1. The third-order valence-electron chi connectivity index (χ3n) is 5.11. The number of carbonyl (C=O) groups excluding carboxylic acids is 2. The first kappa shape index (κ1) is 27.6. The van der Waals surface area contributed by atoms with Gasteiger partial charge in [0.05, 0.1) is 13.2 Å². The van der Waals surface area contributed by atoms with Gasteiger partial charge in [0, 0.05) is 13.1 Å². The van der Waals surface area contributed by atoms with Crippen molar-refractivity contribution in [2.45, 2.75) is 59.9 Å². The number of urea groups is 1. The molecule has 190 valence electrons. The summed E-state index contributed by atoms with van der Waals surface area (Å²) in [6.07, 6.45) is 10.9. The predicted octanol–water partition coefficient (Wildman–Crippen LogP) is 3.43. The van der Waals surface area contributed by atoms with Gasteiger partial charge >= 0.3 is 11.7 Å². The van der Waals surface area contributed by atoms with Crippen molar-refractivity contribution in [1.29, 1.82) is 0 Å². The first-order valence-corrected chi connectivity index (χ1v) is 12.0. The molecule has 35 heavy (non-hydrogen) atoms. The Bertz CT molecular complexity index is 1140. The van der Waals surface area contributed by atoms with E-state index in [1.165, 1.54) is 12.2 Å². The number of imide groups is 1. The van der Waals surface area contributed by atoms with Gasteiger partial charge in [0.1, 0.15) is 11.1 Å². The first-order valence-electron chi connectivity index (χ1n) is 12.0. The van der Waals surface area contributed by atoms with Gasteiger partial charge in [-0.2, -0.15) is 4.99 Å². The molecule has 1 N–H and O–H groups in total. The van der Waals surface area contributed by atoms with Gasteiger partial charge in [0.25, 0.3) is 11.5 Å². The van der Waals surface area contributed by atoms with Gasteiger partial charge in [-0.05, 0) is 38.8 Å². The van der Waals surface area contributed by atoms with Crippen LogP contribution in [0.1, 0.15) is 58.9 Å². The highest BCUT2D eigenvalue weighted by Crippen LogP contribution is 2.16. The highest BCUT2D eigenvalue weighted by atomic mass is 16.5. The van der Waals surface area contributed by atoms with E-state index < -0.39 is 23.2 Å². The second-order valence-electron chi connectivity index (χ2n) is 7.68. The zero-order chi connectivity index (χ0) is 25.8. The smallest absolute Gasteiger partial charge is 0.353 e. The molecule has 2 rings (SSSR count). The fourth-order valence-corrected chi connectivity index (χ4v) is 3.29. The molecule has 0 saturated carbocycles. The summed E-state index contributed by atoms with van der Waals surface area (Å²) in [6.45, 7) is 8.59. The van der Waals surface area contributed by atoms with Gasteiger partial charge in [-0.25, -0.2) is 9.59 Å². The van der Waals surface area contributed by atoms with E-state index >= 15 is 0 Å². The molecule has 0 aliphatic carbocycles. The molecule has 0 spiro atoms. The van der Waals surface area contributed by atoms with E-state index in [4.69, 9.17) is 9.47 Å². The Hall–Kier alpha value is -3.69. The maximum Gasteiger partial charge on any atom is 0.353 e. The van der Waals surface area contributed by atoms with Crippen LogP contribution in [0, 0.1) is 0 Å². The van der Waals surface area contributed by atoms with Crippen LogP contribution in [0.5, 0.6) is 5.88 Å². The Labute approximate surface area is 204 Å². The molecule has 1 aromatic heterocycles. The molecule has 1 aliphatic rings. The predicted molar refractivity (Wildman–Crippen MR) is 135 cm³/mol. The first-order chi connectivity index (χ1) is 16.9. The van der Waals surface area contributed by atoms with Crippen molar-refractivity contribution in [2.75, 3.05) is 19.8 Å². The van der Waals surface area contributed by atoms with Crippen LogP contribution in [0.3, 0.4) is 0 Å². The lowest BCUT2D eigenvalue weighted by Gasteiger charge is -2.24. The Morgan fingerprint density at radius 3 is 2.23 bits per heavy atom. The molecule has 10 heteroatoms. The van der Waals surface area contributed by atoms with Crippen molar-refractivity contribution in [3.63, 3.8) is 0 Å². The summed E-state index contributed by atoms with van der Waals surface area (Å²) in [4.78, 5) is 57.9. The van der Waals surface area contributed by atoms with E-state index in [0.29, 0.717) is 19.4 Å². The Morgan fingerprint density at radius 2 is 1.57 bits per heavy atom. The number of unbranched alkanes of at least 4 members (excludes halogenated alkanes) is 2. The molecule has 0 atom stereocenters. The number of allylic oxidation sites excluding steroid dienone is 4. The number of rotatable bonds is 12. The second kappa shape index (κ2) is 13.9. The number of aliphatic imine (C=N–C) groups is 1. The largest absolute Gasteiger partial charge is 0.479 e. The summed E-state index contributed by atoms with van der Waals surface area (Å²) in [6, 6.07) is -0.631. The van der Waals surface area contributed by atoms with Gasteiger partial charge in [-0.1, -0.05) is 44.9 Å². The maximum atomic E-state index is 12.9. The fourth-order valence-electron chi connectivity index (χ4n) is 3.29. The SMILES string of the molecule is CCCCN1C(=O)N=C(OCC)/C(=C/C=CC=Cc2c(OCC)[nH]c(=O)n(CCCC)c2=O)C1=O. The highest BCUT2D eigenvalue weighted by molar-refractivity contribution is 6.27. The van der Waals surface area contributed by atoms with E-state index in [0.717, 1.165) is 22.3 Å². The second-order valence-corrected chi connectivity index (χ2v) is 7.68. The highest BCUT2D eigenvalue weighted by Gasteiger charge is 2.33. The molecular formula is C25H34N4O6. The lowest BCUT2D eigenvalue weighted by Crippen LogP contribution is -2.43. The normalized spacial score (nSPS) is 15.5. The third-order valence-corrected chi connectivity index (χ3v) is 5.11. The lowest BCUT2D eigenvalue weighted by atomic mass is 10.1. The zero-order valence-electron chi connectivity index (χ0n) is 20.8. The van der Waals surface area contributed by atoms with E-state index in [1.807, 2.05) is 13.8 Å². The lowest BCUT2D eigenvalue weighted by molar-refractivity contribution is -0.124. The van der Waals surface area contributed by atoms with Crippen LogP contribution in [0.15, 0.2) is 44.5 Å². The Morgan fingerprint density at radius 1 is 0.886 bits per heavy atom. The molecule has 10 nitrogen and oxygen atoms in total. The molecule has 0 saturated heterocycles. The van der Waals surface area contributed by atoms with E-state index in [2.05, 4.69) is 9.98 Å². The summed E-state index contributed by atoms with van der Waals surface area (Å²) >= 11 is 0. The average molecular weight is 487 g/mol.